The highest BCUT2D eigenvalue weighted by Gasteiger charge is 2.25. The van der Waals surface area contributed by atoms with Crippen LogP contribution in [0.25, 0.3) is 0 Å². The minimum Gasteiger partial charge on any atom is -0.355 e. The molecule has 0 unspecified atom stereocenters. The highest BCUT2D eigenvalue weighted by molar-refractivity contribution is 5.78. The van der Waals surface area contributed by atoms with Gasteiger partial charge in [0, 0.05) is 19.0 Å². The van der Waals surface area contributed by atoms with Crippen molar-refractivity contribution in [1.29, 1.82) is 0 Å². The third-order valence-electron chi connectivity index (χ3n) is 3.49. The smallest absolute Gasteiger partial charge is 0.223 e. The summed E-state index contributed by atoms with van der Waals surface area (Å²) >= 11 is 0. The van der Waals surface area contributed by atoms with Gasteiger partial charge in [0.2, 0.25) is 5.91 Å². The topological polar surface area (TPSA) is 44.4 Å². The fraction of sp³-hybridized carbons (Fsp3) is 0.923. The second-order valence-corrected chi connectivity index (χ2v) is 5.99. The second kappa shape index (κ2) is 6.36. The van der Waals surface area contributed by atoms with Gasteiger partial charge in [0.25, 0.3) is 0 Å². The molecule has 0 spiro atoms. The quantitative estimate of drug-likeness (QED) is 0.744. The standard InChI is InChI=1S/C13H27N3O/c1-13(2,9-14-3)10-15-12(17)11-5-7-16(4)8-6-11/h11,14H,5-10H2,1-4H3,(H,15,17). The highest BCUT2D eigenvalue weighted by Crippen LogP contribution is 2.17. The molecule has 0 aromatic rings. The lowest BCUT2D eigenvalue weighted by molar-refractivity contribution is -0.126. The van der Waals surface area contributed by atoms with Gasteiger partial charge in [0.15, 0.2) is 0 Å². The van der Waals surface area contributed by atoms with E-state index in [9.17, 15) is 4.79 Å². The van der Waals surface area contributed by atoms with Gasteiger partial charge in [-0.25, -0.2) is 0 Å². The van der Waals surface area contributed by atoms with E-state index >= 15 is 0 Å². The Bertz CT molecular complexity index is 245. The Balaban J connectivity index is 2.29. The monoisotopic (exact) mass is 241 g/mol. The van der Waals surface area contributed by atoms with Gasteiger partial charge in [-0.2, -0.15) is 0 Å². The van der Waals surface area contributed by atoms with E-state index < -0.39 is 0 Å². The first-order valence-electron chi connectivity index (χ1n) is 6.55. The van der Waals surface area contributed by atoms with Gasteiger partial charge < -0.3 is 15.5 Å². The number of piperidine rings is 1. The van der Waals surface area contributed by atoms with Gasteiger partial charge in [0.1, 0.15) is 0 Å². The molecule has 1 rings (SSSR count). The van der Waals surface area contributed by atoms with Crippen molar-refractivity contribution < 1.29 is 4.79 Å². The van der Waals surface area contributed by atoms with Crippen molar-refractivity contribution in [3.63, 3.8) is 0 Å². The van der Waals surface area contributed by atoms with Crippen molar-refractivity contribution in [3.05, 3.63) is 0 Å². The lowest BCUT2D eigenvalue weighted by Gasteiger charge is -2.30. The first-order valence-corrected chi connectivity index (χ1v) is 6.55. The number of nitrogens with one attached hydrogen (secondary N) is 2. The molecule has 2 N–H and O–H groups in total. The number of carbonyl (C=O) groups excluding carboxylic acids is 1. The molecule has 0 saturated carbocycles. The fourth-order valence-corrected chi connectivity index (χ4v) is 2.28. The summed E-state index contributed by atoms with van der Waals surface area (Å²) < 4.78 is 0. The molecule has 1 aliphatic heterocycles. The van der Waals surface area contributed by atoms with Crippen LogP contribution < -0.4 is 10.6 Å². The summed E-state index contributed by atoms with van der Waals surface area (Å²) in [6, 6.07) is 0. The van der Waals surface area contributed by atoms with E-state index in [1.165, 1.54) is 0 Å². The van der Waals surface area contributed by atoms with Crippen molar-refractivity contribution in [2.24, 2.45) is 11.3 Å². The molecule has 4 nitrogen and oxygen atoms in total. The van der Waals surface area contributed by atoms with E-state index in [0.29, 0.717) is 0 Å². The van der Waals surface area contributed by atoms with Gasteiger partial charge in [-0.15, -0.1) is 0 Å². The van der Waals surface area contributed by atoms with Crippen LogP contribution in [0, 0.1) is 11.3 Å². The molecule has 4 heteroatoms. The predicted molar refractivity (Wildman–Crippen MR) is 70.9 cm³/mol. The van der Waals surface area contributed by atoms with Crippen LogP contribution in [0.2, 0.25) is 0 Å². The van der Waals surface area contributed by atoms with Crippen LogP contribution in [0.4, 0.5) is 0 Å². The molecule has 0 bridgehead atoms. The Kier molecular flexibility index (Phi) is 5.40. The molecular weight excluding hydrogens is 214 g/mol. The molecule has 1 heterocycles. The number of carbonyl (C=O) groups is 1. The van der Waals surface area contributed by atoms with Gasteiger partial charge in [-0.1, -0.05) is 13.8 Å². The van der Waals surface area contributed by atoms with E-state index in [0.717, 1.165) is 39.0 Å². The number of hydrogen-bond acceptors (Lipinski definition) is 3. The lowest BCUT2D eigenvalue weighted by Crippen LogP contribution is -2.44. The zero-order valence-electron chi connectivity index (χ0n) is 11.7. The van der Waals surface area contributed by atoms with Crippen LogP contribution in [-0.2, 0) is 4.79 Å². The molecule has 1 aliphatic rings. The van der Waals surface area contributed by atoms with E-state index in [2.05, 4.69) is 36.4 Å². The number of likely N-dealkylation sites (tertiary alicyclic amines) is 1. The summed E-state index contributed by atoms with van der Waals surface area (Å²) in [5.41, 5.74) is 0.121. The van der Waals surface area contributed by atoms with Crippen molar-refractivity contribution in [3.8, 4) is 0 Å². The highest BCUT2D eigenvalue weighted by atomic mass is 16.1. The Morgan fingerprint density at radius 1 is 1.29 bits per heavy atom. The lowest BCUT2D eigenvalue weighted by atomic mass is 9.92. The van der Waals surface area contributed by atoms with E-state index in [1.54, 1.807) is 0 Å². The van der Waals surface area contributed by atoms with Gasteiger partial charge in [0.05, 0.1) is 0 Å². The molecule has 0 atom stereocenters. The molecule has 1 saturated heterocycles. The summed E-state index contributed by atoms with van der Waals surface area (Å²) in [5, 5.41) is 6.25. The maximum atomic E-state index is 12.0. The van der Waals surface area contributed by atoms with Crippen molar-refractivity contribution in [2.45, 2.75) is 26.7 Å². The van der Waals surface area contributed by atoms with Crippen molar-refractivity contribution >= 4 is 5.91 Å². The molecule has 0 aromatic heterocycles. The predicted octanol–water partition coefficient (Wildman–Crippen LogP) is 0.690. The summed E-state index contributed by atoms with van der Waals surface area (Å²) in [5.74, 6) is 0.457. The average molecular weight is 241 g/mol. The van der Waals surface area contributed by atoms with Gasteiger partial charge in [-0.05, 0) is 45.4 Å². The summed E-state index contributed by atoms with van der Waals surface area (Å²) in [6.07, 6.45) is 1.99. The molecule has 0 aromatic carbocycles. The first kappa shape index (κ1) is 14.5. The SMILES string of the molecule is CNCC(C)(C)CNC(=O)C1CCN(C)CC1. The molecule has 0 radical (unpaired) electrons. The Morgan fingerprint density at radius 3 is 2.41 bits per heavy atom. The Morgan fingerprint density at radius 2 is 1.88 bits per heavy atom. The van der Waals surface area contributed by atoms with Crippen LogP contribution >= 0.6 is 0 Å². The maximum Gasteiger partial charge on any atom is 0.223 e. The van der Waals surface area contributed by atoms with Crippen LogP contribution in [0.15, 0.2) is 0 Å². The minimum atomic E-state index is 0.121. The van der Waals surface area contributed by atoms with Crippen LogP contribution in [0.3, 0.4) is 0 Å². The third-order valence-corrected chi connectivity index (χ3v) is 3.49. The third kappa shape index (κ3) is 5.04. The minimum absolute atomic E-state index is 0.121. The first-order chi connectivity index (χ1) is 7.94. The van der Waals surface area contributed by atoms with Crippen LogP contribution in [0.1, 0.15) is 26.7 Å². The van der Waals surface area contributed by atoms with Crippen molar-refractivity contribution in [2.75, 3.05) is 40.3 Å². The molecule has 1 fully saturated rings. The van der Waals surface area contributed by atoms with Crippen LogP contribution in [-0.4, -0.2) is 51.1 Å². The molecule has 17 heavy (non-hydrogen) atoms. The summed E-state index contributed by atoms with van der Waals surface area (Å²) in [6.45, 7) is 8.08. The van der Waals surface area contributed by atoms with Gasteiger partial charge >= 0.3 is 0 Å². The number of rotatable bonds is 5. The normalized spacial score (nSPS) is 19.3. The largest absolute Gasteiger partial charge is 0.355 e. The number of nitrogens with zero attached hydrogens (tertiary/aromatic N) is 1. The van der Waals surface area contributed by atoms with E-state index in [1.807, 2.05) is 7.05 Å². The molecule has 1 amide bonds. The molecule has 100 valence electrons. The zero-order chi connectivity index (χ0) is 12.9. The number of amides is 1. The zero-order valence-corrected chi connectivity index (χ0v) is 11.7. The van der Waals surface area contributed by atoms with Crippen molar-refractivity contribution in [1.82, 2.24) is 15.5 Å². The van der Waals surface area contributed by atoms with E-state index in [4.69, 9.17) is 0 Å². The fourth-order valence-electron chi connectivity index (χ4n) is 2.28. The molecule has 0 aliphatic carbocycles. The Hall–Kier alpha value is -0.610. The second-order valence-electron chi connectivity index (χ2n) is 5.99. The molecular formula is C13H27N3O. The summed E-state index contributed by atoms with van der Waals surface area (Å²) in [4.78, 5) is 14.3. The van der Waals surface area contributed by atoms with Crippen LogP contribution in [0.5, 0.6) is 0 Å². The van der Waals surface area contributed by atoms with E-state index in [-0.39, 0.29) is 17.2 Å². The van der Waals surface area contributed by atoms with Gasteiger partial charge in [-0.3, -0.25) is 4.79 Å². The Labute approximate surface area is 105 Å². The maximum absolute atomic E-state index is 12.0. The summed E-state index contributed by atoms with van der Waals surface area (Å²) in [7, 11) is 4.06. The average Bonchev–Trinajstić information content (AvgIpc) is 2.27. The number of hydrogen-bond donors (Lipinski definition) is 2.